The molecule has 0 aliphatic carbocycles. The quantitative estimate of drug-likeness (QED) is 0.870. The normalized spacial score (nSPS) is 13.1. The number of likely N-dealkylation sites (N-methyl/N-ethyl adjacent to an activating group) is 1. The monoisotopic (exact) mass is 291 g/mol. The van der Waals surface area contributed by atoms with Gasteiger partial charge in [0.25, 0.3) is 0 Å². The first-order chi connectivity index (χ1) is 9.51. The van der Waals surface area contributed by atoms with Gasteiger partial charge in [0.1, 0.15) is 0 Å². The van der Waals surface area contributed by atoms with Gasteiger partial charge >= 0.3 is 0 Å². The molecular weight excluding hydrogens is 266 g/mol. The first-order valence-electron chi connectivity index (χ1n) is 7.35. The molecule has 3 nitrogen and oxygen atoms in total. The molecule has 0 saturated carbocycles. The van der Waals surface area contributed by atoms with Gasteiger partial charge in [-0.05, 0) is 51.9 Å². The zero-order valence-electron chi connectivity index (χ0n) is 13.1. The Morgan fingerprint density at radius 3 is 2.60 bits per heavy atom. The molecule has 0 amide bonds. The molecule has 0 aliphatic rings. The van der Waals surface area contributed by atoms with Gasteiger partial charge in [0.05, 0.1) is 5.69 Å². The largest absolute Gasteiger partial charge is 0.309 e. The maximum atomic E-state index is 4.67. The second kappa shape index (κ2) is 6.55. The van der Waals surface area contributed by atoms with Crippen molar-refractivity contribution in [2.45, 2.75) is 53.1 Å². The highest BCUT2D eigenvalue weighted by molar-refractivity contribution is 7.12. The Morgan fingerprint density at radius 1 is 1.35 bits per heavy atom. The highest BCUT2D eigenvalue weighted by Gasteiger charge is 2.16. The van der Waals surface area contributed by atoms with E-state index >= 15 is 0 Å². The fourth-order valence-corrected chi connectivity index (χ4v) is 3.39. The first-order valence-corrected chi connectivity index (χ1v) is 8.17. The lowest BCUT2D eigenvalue weighted by atomic mass is 10.1. The molecule has 0 aliphatic heterocycles. The fourth-order valence-electron chi connectivity index (χ4n) is 2.28. The van der Waals surface area contributed by atoms with Crippen molar-refractivity contribution >= 4 is 11.3 Å². The molecule has 4 heteroatoms. The number of aryl methyl sites for hydroxylation is 2. The number of rotatable bonds is 6. The van der Waals surface area contributed by atoms with Crippen LogP contribution in [0.2, 0.25) is 0 Å². The van der Waals surface area contributed by atoms with Crippen molar-refractivity contribution in [3.63, 3.8) is 0 Å². The van der Waals surface area contributed by atoms with E-state index in [1.165, 1.54) is 15.3 Å². The Bertz CT molecular complexity index is 534. The Kier molecular flexibility index (Phi) is 5.00. The van der Waals surface area contributed by atoms with Gasteiger partial charge in [-0.2, -0.15) is 5.10 Å². The SMILES string of the molecule is CCNC(Cc1ccn(C(C)C)n1)c1cc(C)c(C)s1. The van der Waals surface area contributed by atoms with Crippen molar-refractivity contribution in [2.24, 2.45) is 0 Å². The van der Waals surface area contributed by atoms with Crippen LogP contribution in [0.25, 0.3) is 0 Å². The van der Waals surface area contributed by atoms with Gasteiger partial charge in [-0.25, -0.2) is 0 Å². The molecule has 20 heavy (non-hydrogen) atoms. The molecule has 2 heterocycles. The topological polar surface area (TPSA) is 29.9 Å². The molecule has 0 saturated heterocycles. The summed E-state index contributed by atoms with van der Waals surface area (Å²) >= 11 is 1.90. The molecule has 2 aromatic rings. The van der Waals surface area contributed by atoms with Crippen LogP contribution < -0.4 is 5.32 Å². The highest BCUT2D eigenvalue weighted by atomic mass is 32.1. The van der Waals surface area contributed by atoms with Crippen LogP contribution in [0.5, 0.6) is 0 Å². The van der Waals surface area contributed by atoms with Gasteiger partial charge in [-0.1, -0.05) is 6.92 Å². The summed E-state index contributed by atoms with van der Waals surface area (Å²) in [6, 6.07) is 5.24. The molecule has 0 radical (unpaired) electrons. The zero-order valence-corrected chi connectivity index (χ0v) is 13.9. The second-order valence-corrected chi connectivity index (χ2v) is 6.87. The number of hydrogen-bond acceptors (Lipinski definition) is 3. The average molecular weight is 291 g/mol. The lowest BCUT2D eigenvalue weighted by molar-refractivity contribution is 0.509. The van der Waals surface area contributed by atoms with Gasteiger partial charge in [0, 0.05) is 34.5 Å². The van der Waals surface area contributed by atoms with Crippen molar-refractivity contribution in [2.75, 3.05) is 6.54 Å². The van der Waals surface area contributed by atoms with Crippen LogP contribution in [-0.4, -0.2) is 16.3 Å². The predicted molar refractivity (Wildman–Crippen MR) is 86.5 cm³/mol. The van der Waals surface area contributed by atoms with Crippen molar-refractivity contribution in [1.29, 1.82) is 0 Å². The standard InChI is InChI=1S/C16H25N3S/c1-6-17-15(16-9-12(4)13(5)20-16)10-14-7-8-19(18-14)11(2)3/h7-9,11,15,17H,6,10H2,1-5H3. The molecule has 1 unspecified atom stereocenters. The van der Waals surface area contributed by atoms with Gasteiger partial charge < -0.3 is 5.32 Å². The molecule has 2 rings (SSSR count). The summed E-state index contributed by atoms with van der Waals surface area (Å²) in [6.45, 7) is 11.8. The smallest absolute Gasteiger partial charge is 0.0644 e. The number of hydrogen-bond donors (Lipinski definition) is 1. The third-order valence-corrected chi connectivity index (χ3v) is 4.85. The summed E-state index contributed by atoms with van der Waals surface area (Å²) < 4.78 is 2.03. The van der Waals surface area contributed by atoms with Gasteiger partial charge in [0.15, 0.2) is 0 Å². The second-order valence-electron chi connectivity index (χ2n) is 5.58. The minimum absolute atomic E-state index is 0.368. The maximum Gasteiger partial charge on any atom is 0.0644 e. The minimum atomic E-state index is 0.368. The summed E-state index contributed by atoms with van der Waals surface area (Å²) in [5, 5.41) is 8.26. The molecule has 1 N–H and O–H groups in total. The Labute approximate surface area is 126 Å². The molecule has 1 atom stereocenters. The van der Waals surface area contributed by atoms with Crippen LogP contribution in [-0.2, 0) is 6.42 Å². The molecule has 0 spiro atoms. The van der Waals surface area contributed by atoms with Crippen LogP contribution in [0.1, 0.15) is 53.9 Å². The van der Waals surface area contributed by atoms with Crippen molar-refractivity contribution in [1.82, 2.24) is 15.1 Å². The summed E-state index contributed by atoms with van der Waals surface area (Å²) in [7, 11) is 0. The van der Waals surface area contributed by atoms with Crippen LogP contribution >= 0.6 is 11.3 Å². The van der Waals surface area contributed by atoms with Crippen LogP contribution in [0.15, 0.2) is 18.3 Å². The fraction of sp³-hybridized carbons (Fsp3) is 0.562. The van der Waals surface area contributed by atoms with Crippen molar-refractivity contribution in [3.8, 4) is 0 Å². The highest BCUT2D eigenvalue weighted by Crippen LogP contribution is 2.28. The third kappa shape index (κ3) is 3.49. The van der Waals surface area contributed by atoms with E-state index in [-0.39, 0.29) is 0 Å². The lowest BCUT2D eigenvalue weighted by Crippen LogP contribution is -2.22. The van der Waals surface area contributed by atoms with E-state index in [1.54, 1.807) is 0 Å². The summed E-state index contributed by atoms with van der Waals surface area (Å²) in [5.41, 5.74) is 2.55. The van der Waals surface area contributed by atoms with E-state index < -0.39 is 0 Å². The Balaban J connectivity index is 2.16. The molecule has 0 aromatic carbocycles. The van der Waals surface area contributed by atoms with E-state index in [2.05, 4.69) is 63.4 Å². The zero-order chi connectivity index (χ0) is 14.7. The van der Waals surface area contributed by atoms with E-state index in [4.69, 9.17) is 0 Å². The summed E-state index contributed by atoms with van der Waals surface area (Å²) in [4.78, 5) is 2.83. The average Bonchev–Trinajstić information content (AvgIpc) is 2.97. The number of nitrogens with zero attached hydrogens (tertiary/aromatic N) is 2. The summed E-state index contributed by atoms with van der Waals surface area (Å²) in [5.74, 6) is 0. The Morgan fingerprint density at radius 2 is 2.10 bits per heavy atom. The van der Waals surface area contributed by atoms with Crippen LogP contribution in [0.4, 0.5) is 0 Å². The van der Waals surface area contributed by atoms with Crippen LogP contribution in [0, 0.1) is 13.8 Å². The van der Waals surface area contributed by atoms with Gasteiger partial charge in [-0.3, -0.25) is 4.68 Å². The van der Waals surface area contributed by atoms with Gasteiger partial charge in [-0.15, -0.1) is 11.3 Å². The van der Waals surface area contributed by atoms with Crippen molar-refractivity contribution < 1.29 is 0 Å². The maximum absolute atomic E-state index is 4.67. The first kappa shape index (κ1) is 15.3. The van der Waals surface area contributed by atoms with E-state index in [1.807, 2.05) is 16.0 Å². The van der Waals surface area contributed by atoms with E-state index in [9.17, 15) is 0 Å². The molecule has 2 aromatic heterocycles. The third-order valence-electron chi connectivity index (χ3n) is 3.58. The molecule has 0 fully saturated rings. The van der Waals surface area contributed by atoms with E-state index in [0.29, 0.717) is 12.1 Å². The molecule has 110 valence electrons. The number of aromatic nitrogens is 2. The van der Waals surface area contributed by atoms with Crippen LogP contribution in [0.3, 0.4) is 0 Å². The van der Waals surface area contributed by atoms with Gasteiger partial charge in [0.2, 0.25) is 0 Å². The number of thiophene rings is 1. The summed E-state index contributed by atoms with van der Waals surface area (Å²) in [6.07, 6.45) is 3.03. The number of nitrogens with one attached hydrogen (secondary N) is 1. The molecular formula is C16H25N3S. The van der Waals surface area contributed by atoms with Crippen molar-refractivity contribution in [3.05, 3.63) is 39.3 Å². The molecule has 0 bridgehead atoms. The minimum Gasteiger partial charge on any atom is -0.309 e. The Hall–Kier alpha value is -1.13. The van der Waals surface area contributed by atoms with E-state index in [0.717, 1.165) is 18.7 Å². The lowest BCUT2D eigenvalue weighted by Gasteiger charge is -2.15. The predicted octanol–water partition coefficient (Wildman–Crippen LogP) is 4.04.